The van der Waals surface area contributed by atoms with Gasteiger partial charge in [0.1, 0.15) is 0 Å². The Hall–Kier alpha value is -0.0400. The van der Waals surface area contributed by atoms with E-state index < -0.39 is 0 Å². The summed E-state index contributed by atoms with van der Waals surface area (Å²) in [6, 6.07) is 0.730. The van der Waals surface area contributed by atoms with Gasteiger partial charge in [0.05, 0.1) is 0 Å². The largest absolute Gasteiger partial charge is 0.314 e. The van der Waals surface area contributed by atoms with Gasteiger partial charge in [-0.05, 0) is 31.7 Å². The zero-order valence-corrected chi connectivity index (χ0v) is 6.70. The van der Waals surface area contributed by atoms with Gasteiger partial charge in [-0.15, -0.1) is 0 Å². The lowest BCUT2D eigenvalue weighted by atomic mass is 9.80. The van der Waals surface area contributed by atoms with E-state index in [1.165, 1.54) is 19.4 Å². The van der Waals surface area contributed by atoms with Crippen molar-refractivity contribution in [3.05, 3.63) is 0 Å². The van der Waals surface area contributed by atoms with Crippen molar-refractivity contribution in [3.63, 3.8) is 0 Å². The van der Waals surface area contributed by atoms with E-state index in [9.17, 15) is 0 Å². The van der Waals surface area contributed by atoms with Gasteiger partial charge in [-0.1, -0.05) is 13.8 Å². The summed E-state index contributed by atoms with van der Waals surface area (Å²) in [4.78, 5) is 0. The van der Waals surface area contributed by atoms with Crippen molar-refractivity contribution in [2.24, 2.45) is 5.41 Å². The fourth-order valence-electron chi connectivity index (χ4n) is 1.66. The van der Waals surface area contributed by atoms with Gasteiger partial charge in [-0.2, -0.15) is 0 Å². The third-order valence-corrected chi connectivity index (χ3v) is 2.15. The number of hydrogen-bond donors (Lipinski definition) is 1. The lowest BCUT2D eigenvalue weighted by molar-refractivity contribution is 0.218. The van der Waals surface area contributed by atoms with Crippen LogP contribution in [-0.2, 0) is 0 Å². The molecule has 0 aromatic rings. The van der Waals surface area contributed by atoms with Crippen molar-refractivity contribution in [1.29, 1.82) is 0 Å². The van der Waals surface area contributed by atoms with Crippen LogP contribution in [0.25, 0.3) is 0 Å². The summed E-state index contributed by atoms with van der Waals surface area (Å²) in [5, 5.41) is 3.44. The molecule has 1 heteroatoms. The number of nitrogens with one attached hydrogen (secondary N) is 1. The quantitative estimate of drug-likeness (QED) is 0.523. The van der Waals surface area contributed by atoms with Crippen molar-refractivity contribution in [3.8, 4) is 0 Å². The highest BCUT2D eigenvalue weighted by molar-refractivity contribution is 4.80. The molecule has 1 fully saturated rings. The van der Waals surface area contributed by atoms with Gasteiger partial charge in [0.25, 0.3) is 0 Å². The normalized spacial score (nSPS) is 34.3. The van der Waals surface area contributed by atoms with Crippen LogP contribution in [0.3, 0.4) is 0 Å². The van der Waals surface area contributed by atoms with Crippen LogP contribution in [0.15, 0.2) is 0 Å². The van der Waals surface area contributed by atoms with Gasteiger partial charge in [-0.25, -0.2) is 0 Å². The molecular formula is C8H17N. The lowest BCUT2D eigenvalue weighted by Gasteiger charge is -2.34. The summed E-state index contributed by atoms with van der Waals surface area (Å²) in [5.41, 5.74) is 0.588. The Morgan fingerprint density at radius 2 is 2.11 bits per heavy atom. The second-order valence-electron chi connectivity index (χ2n) is 3.97. The van der Waals surface area contributed by atoms with Crippen molar-refractivity contribution in [1.82, 2.24) is 5.32 Å². The molecule has 0 saturated carbocycles. The zero-order valence-electron chi connectivity index (χ0n) is 6.70. The topological polar surface area (TPSA) is 12.0 Å². The fraction of sp³-hybridized carbons (Fsp3) is 1.00. The molecule has 1 N–H and O–H groups in total. The predicted octanol–water partition coefficient (Wildman–Crippen LogP) is 1.78. The van der Waals surface area contributed by atoms with E-state index in [2.05, 4.69) is 26.1 Å². The molecule has 1 saturated heterocycles. The van der Waals surface area contributed by atoms with E-state index >= 15 is 0 Å². The second kappa shape index (κ2) is 2.30. The molecule has 1 atom stereocenters. The van der Waals surface area contributed by atoms with E-state index in [0.717, 1.165) is 6.04 Å². The Labute approximate surface area is 57.8 Å². The summed E-state index contributed by atoms with van der Waals surface area (Å²) in [6.07, 6.45) is 2.66. The number of piperidine rings is 1. The first-order chi connectivity index (χ1) is 4.10. The van der Waals surface area contributed by atoms with Gasteiger partial charge in [-0.3, -0.25) is 0 Å². The molecule has 1 heterocycles. The molecule has 0 aliphatic carbocycles. The van der Waals surface area contributed by atoms with Crippen LogP contribution in [0.5, 0.6) is 0 Å². The Morgan fingerprint density at radius 1 is 1.44 bits per heavy atom. The van der Waals surface area contributed by atoms with Crippen molar-refractivity contribution >= 4 is 0 Å². The highest BCUT2D eigenvalue weighted by Crippen LogP contribution is 2.28. The van der Waals surface area contributed by atoms with Gasteiger partial charge in [0.15, 0.2) is 0 Å². The van der Waals surface area contributed by atoms with Gasteiger partial charge in [0.2, 0.25) is 0 Å². The molecule has 1 rings (SSSR count). The second-order valence-corrected chi connectivity index (χ2v) is 3.97. The van der Waals surface area contributed by atoms with Crippen LogP contribution in [0.4, 0.5) is 0 Å². The monoisotopic (exact) mass is 127 g/mol. The Balaban J connectivity index is 2.41. The molecule has 0 aromatic carbocycles. The van der Waals surface area contributed by atoms with E-state index in [1.807, 2.05) is 0 Å². The smallest absolute Gasteiger partial charge is 0.00438 e. The third-order valence-electron chi connectivity index (χ3n) is 2.15. The van der Waals surface area contributed by atoms with Crippen molar-refractivity contribution in [2.75, 3.05) is 6.54 Å². The summed E-state index contributed by atoms with van der Waals surface area (Å²) in [6.45, 7) is 8.17. The maximum absolute atomic E-state index is 3.44. The SMILES string of the molecule is C[C@H]1CC(C)(C)CCN1. The zero-order chi connectivity index (χ0) is 6.91. The minimum atomic E-state index is 0.588. The van der Waals surface area contributed by atoms with Gasteiger partial charge in [0, 0.05) is 6.04 Å². The first kappa shape index (κ1) is 7.07. The highest BCUT2D eigenvalue weighted by Gasteiger charge is 2.24. The maximum Gasteiger partial charge on any atom is 0.00438 e. The third kappa shape index (κ3) is 1.98. The molecule has 0 aromatic heterocycles. The summed E-state index contributed by atoms with van der Waals surface area (Å²) >= 11 is 0. The molecule has 1 aliphatic rings. The predicted molar refractivity (Wildman–Crippen MR) is 40.5 cm³/mol. The standard InChI is InChI=1S/C8H17N/c1-7-6-8(2,3)4-5-9-7/h7,9H,4-6H2,1-3H3/t7-/m0/s1. The minimum absolute atomic E-state index is 0.588. The van der Waals surface area contributed by atoms with Crippen molar-refractivity contribution < 1.29 is 0 Å². The summed E-state index contributed by atoms with van der Waals surface area (Å²) < 4.78 is 0. The molecule has 54 valence electrons. The molecule has 9 heavy (non-hydrogen) atoms. The molecule has 0 spiro atoms. The van der Waals surface area contributed by atoms with Crippen molar-refractivity contribution in [2.45, 2.75) is 39.7 Å². The average Bonchev–Trinajstić information content (AvgIpc) is 1.60. The average molecular weight is 127 g/mol. The van der Waals surface area contributed by atoms with Crippen LogP contribution in [0, 0.1) is 5.41 Å². The molecule has 1 nitrogen and oxygen atoms in total. The molecule has 0 unspecified atom stereocenters. The molecule has 1 aliphatic heterocycles. The number of hydrogen-bond acceptors (Lipinski definition) is 1. The molecule has 0 radical (unpaired) electrons. The lowest BCUT2D eigenvalue weighted by Crippen LogP contribution is -2.39. The highest BCUT2D eigenvalue weighted by atomic mass is 14.9. The first-order valence-corrected chi connectivity index (χ1v) is 3.83. The Morgan fingerprint density at radius 3 is 2.44 bits per heavy atom. The van der Waals surface area contributed by atoms with Crippen LogP contribution < -0.4 is 5.32 Å². The molecule has 0 bridgehead atoms. The van der Waals surface area contributed by atoms with Crippen LogP contribution in [0.2, 0.25) is 0 Å². The van der Waals surface area contributed by atoms with Gasteiger partial charge >= 0.3 is 0 Å². The maximum atomic E-state index is 3.44. The van der Waals surface area contributed by atoms with E-state index in [1.54, 1.807) is 0 Å². The van der Waals surface area contributed by atoms with E-state index in [-0.39, 0.29) is 0 Å². The van der Waals surface area contributed by atoms with E-state index in [4.69, 9.17) is 0 Å². The van der Waals surface area contributed by atoms with Crippen LogP contribution >= 0.6 is 0 Å². The summed E-state index contributed by atoms with van der Waals surface area (Å²) in [5.74, 6) is 0. The Kier molecular flexibility index (Phi) is 1.80. The van der Waals surface area contributed by atoms with Crippen LogP contribution in [0.1, 0.15) is 33.6 Å². The van der Waals surface area contributed by atoms with E-state index in [0.29, 0.717) is 5.41 Å². The fourth-order valence-corrected chi connectivity index (χ4v) is 1.66. The minimum Gasteiger partial charge on any atom is -0.314 e. The number of rotatable bonds is 0. The molecule has 0 amide bonds. The van der Waals surface area contributed by atoms with Crippen LogP contribution in [-0.4, -0.2) is 12.6 Å². The molecular weight excluding hydrogens is 110 g/mol. The first-order valence-electron chi connectivity index (χ1n) is 3.83. The van der Waals surface area contributed by atoms with Gasteiger partial charge < -0.3 is 5.32 Å². The Bertz CT molecular complexity index is 96.7. The summed E-state index contributed by atoms with van der Waals surface area (Å²) in [7, 11) is 0.